The summed E-state index contributed by atoms with van der Waals surface area (Å²) in [4.78, 5) is 40.8. The molecule has 2 N–H and O–H groups in total. The van der Waals surface area contributed by atoms with Gasteiger partial charge in [0.2, 0.25) is 5.91 Å². The van der Waals surface area contributed by atoms with E-state index in [2.05, 4.69) is 10.6 Å². The van der Waals surface area contributed by atoms with Gasteiger partial charge in [0.25, 0.3) is 5.91 Å². The van der Waals surface area contributed by atoms with Crippen molar-refractivity contribution in [3.05, 3.63) is 98.8 Å². The van der Waals surface area contributed by atoms with E-state index in [-0.39, 0.29) is 34.2 Å². The van der Waals surface area contributed by atoms with Crippen molar-refractivity contribution in [2.24, 2.45) is 0 Å². The minimum Gasteiger partial charge on any atom is -0.333 e. The number of rotatable bonds is 4. The summed E-state index contributed by atoms with van der Waals surface area (Å²) in [6.07, 6.45) is 0.888. The van der Waals surface area contributed by atoms with Crippen molar-refractivity contribution in [3.8, 4) is 0 Å². The second-order valence-corrected chi connectivity index (χ2v) is 11.0. The molecular weight excluding hydrogens is 528 g/mol. The SMILES string of the molecule is CC(=O)Cc1ccc(C(=O)N2CC[C@@H]3N[C@@]4(C(=O)Nc5cc(Cl)ccc54)[C@@H](c4cccc(Cl)c4F)C32)cc1. The van der Waals surface area contributed by atoms with E-state index < -0.39 is 23.3 Å². The minimum atomic E-state index is -1.31. The van der Waals surface area contributed by atoms with Crippen molar-refractivity contribution in [2.45, 2.75) is 43.3 Å². The van der Waals surface area contributed by atoms with Crippen molar-refractivity contribution in [3.63, 3.8) is 0 Å². The summed E-state index contributed by atoms with van der Waals surface area (Å²) in [5.74, 6) is -1.86. The number of carbonyl (C=O) groups excluding carboxylic acids is 3. The third-order valence-electron chi connectivity index (χ3n) is 7.92. The molecule has 2 amide bonds. The number of fused-ring (bicyclic) bond motifs is 3. The molecule has 9 heteroatoms. The quantitative estimate of drug-likeness (QED) is 0.473. The van der Waals surface area contributed by atoms with Crippen LogP contribution in [0.1, 0.15) is 46.3 Å². The maximum atomic E-state index is 15.7. The van der Waals surface area contributed by atoms with Gasteiger partial charge in [0.05, 0.1) is 11.1 Å². The van der Waals surface area contributed by atoms with Crippen LogP contribution in [0.15, 0.2) is 60.7 Å². The fourth-order valence-corrected chi connectivity index (χ4v) is 6.77. The molecule has 3 heterocycles. The van der Waals surface area contributed by atoms with E-state index in [4.69, 9.17) is 23.2 Å². The molecule has 3 aromatic rings. The molecule has 0 saturated carbocycles. The first-order chi connectivity index (χ1) is 18.2. The molecule has 0 aromatic heterocycles. The zero-order valence-electron chi connectivity index (χ0n) is 20.4. The van der Waals surface area contributed by atoms with Crippen LogP contribution < -0.4 is 10.6 Å². The Kier molecular flexibility index (Phi) is 6.05. The van der Waals surface area contributed by atoms with E-state index in [1.807, 2.05) is 0 Å². The molecule has 1 spiro atoms. The molecule has 1 unspecified atom stereocenters. The first-order valence-electron chi connectivity index (χ1n) is 12.4. The number of carbonyl (C=O) groups is 3. The average Bonchev–Trinajstić information content (AvgIpc) is 3.51. The normalized spacial score (nSPS) is 25.4. The standard InChI is InChI=1S/C29H24Cl2FN3O3/c1-15(36)13-16-5-7-17(8-6-16)27(37)35-12-11-22-26(35)24(19-3-2-4-21(31)25(19)32)29(34-22)20-10-9-18(30)14-23(20)33-28(29)38/h2-10,14,22,24,26,34H,11-13H2,1H3,(H,33,38)/t22-,24-,26?,29+/m0/s1. The van der Waals surface area contributed by atoms with Gasteiger partial charge in [0, 0.05) is 46.8 Å². The van der Waals surface area contributed by atoms with Crippen LogP contribution in [-0.4, -0.2) is 41.1 Å². The van der Waals surface area contributed by atoms with Gasteiger partial charge < -0.3 is 10.2 Å². The summed E-state index contributed by atoms with van der Waals surface area (Å²) in [5, 5.41) is 6.86. The van der Waals surface area contributed by atoms with Gasteiger partial charge >= 0.3 is 0 Å². The zero-order valence-corrected chi connectivity index (χ0v) is 21.9. The number of hydrogen-bond donors (Lipinski definition) is 2. The van der Waals surface area contributed by atoms with E-state index in [9.17, 15) is 14.4 Å². The number of halogens is 3. The third-order valence-corrected chi connectivity index (χ3v) is 8.45. The Bertz CT molecular complexity index is 1490. The molecule has 2 fully saturated rings. The lowest BCUT2D eigenvalue weighted by molar-refractivity contribution is -0.122. The van der Waals surface area contributed by atoms with Gasteiger partial charge in [-0.1, -0.05) is 53.5 Å². The second-order valence-electron chi connectivity index (χ2n) is 10.2. The maximum absolute atomic E-state index is 15.7. The fraction of sp³-hybridized carbons (Fsp3) is 0.276. The molecule has 0 radical (unpaired) electrons. The topological polar surface area (TPSA) is 78.5 Å². The summed E-state index contributed by atoms with van der Waals surface area (Å²) in [5.41, 5.74) is 1.46. The highest BCUT2D eigenvalue weighted by atomic mass is 35.5. The Labute approximate surface area is 229 Å². The van der Waals surface area contributed by atoms with Crippen LogP contribution in [0.25, 0.3) is 0 Å². The van der Waals surface area contributed by atoms with Gasteiger partial charge in [-0.15, -0.1) is 0 Å². The first-order valence-corrected chi connectivity index (χ1v) is 13.2. The fourth-order valence-electron chi connectivity index (χ4n) is 6.42. The number of nitrogens with zero attached hydrogens (tertiary/aromatic N) is 1. The summed E-state index contributed by atoms with van der Waals surface area (Å²) < 4.78 is 15.7. The van der Waals surface area contributed by atoms with Crippen molar-refractivity contribution in [1.82, 2.24) is 10.2 Å². The number of amides is 2. The molecule has 2 saturated heterocycles. The first kappa shape index (κ1) is 25.0. The van der Waals surface area contributed by atoms with Crippen molar-refractivity contribution >= 4 is 46.5 Å². The highest BCUT2D eigenvalue weighted by molar-refractivity contribution is 6.31. The van der Waals surface area contributed by atoms with Gasteiger partial charge in [-0.05, 0) is 54.8 Å². The Balaban J connectivity index is 1.46. The van der Waals surface area contributed by atoms with Gasteiger partial charge in [-0.3, -0.25) is 19.7 Å². The number of benzene rings is 3. The van der Waals surface area contributed by atoms with Crippen LogP contribution in [0.4, 0.5) is 10.1 Å². The van der Waals surface area contributed by atoms with Crippen molar-refractivity contribution in [1.29, 1.82) is 0 Å². The number of anilines is 1. The summed E-state index contributed by atoms with van der Waals surface area (Å²) >= 11 is 12.4. The van der Waals surface area contributed by atoms with Crippen LogP contribution in [0.3, 0.4) is 0 Å². The smallest absolute Gasteiger partial charge is 0.254 e. The third kappa shape index (κ3) is 3.75. The Hall–Kier alpha value is -3.26. The van der Waals surface area contributed by atoms with E-state index >= 15 is 4.39 Å². The summed E-state index contributed by atoms with van der Waals surface area (Å²) in [7, 11) is 0. The van der Waals surface area contributed by atoms with E-state index in [0.29, 0.717) is 41.2 Å². The highest BCUT2D eigenvalue weighted by Gasteiger charge is 2.65. The molecule has 6 nitrogen and oxygen atoms in total. The van der Waals surface area contributed by atoms with Crippen LogP contribution >= 0.6 is 23.2 Å². The molecule has 0 bridgehead atoms. The van der Waals surface area contributed by atoms with Gasteiger partial charge in [-0.25, -0.2) is 4.39 Å². The highest BCUT2D eigenvalue weighted by Crippen LogP contribution is 2.55. The maximum Gasteiger partial charge on any atom is 0.254 e. The second kappa shape index (κ2) is 9.19. The van der Waals surface area contributed by atoms with E-state index in [1.54, 1.807) is 59.5 Å². The van der Waals surface area contributed by atoms with Gasteiger partial charge in [0.1, 0.15) is 17.1 Å². The van der Waals surface area contributed by atoms with Crippen LogP contribution in [-0.2, 0) is 21.5 Å². The lowest BCUT2D eigenvalue weighted by atomic mass is 9.74. The number of Topliss-reactive ketones (excluding diaryl/α,β-unsaturated/α-hetero) is 1. The Morgan fingerprint density at radius 3 is 2.61 bits per heavy atom. The lowest BCUT2D eigenvalue weighted by Crippen LogP contribution is -2.50. The molecular formula is C29H24Cl2FN3O3. The van der Waals surface area contributed by atoms with Crippen LogP contribution in [0.5, 0.6) is 0 Å². The van der Waals surface area contributed by atoms with E-state index in [0.717, 1.165) is 5.56 Å². The average molecular weight is 552 g/mol. The Morgan fingerprint density at radius 2 is 1.87 bits per heavy atom. The van der Waals surface area contributed by atoms with Gasteiger partial charge in [-0.2, -0.15) is 0 Å². The number of ketones is 1. The number of likely N-dealkylation sites (tertiary alicyclic amines) is 1. The molecule has 0 aliphatic carbocycles. The summed E-state index contributed by atoms with van der Waals surface area (Å²) in [6.45, 7) is 1.97. The van der Waals surface area contributed by atoms with Crippen molar-refractivity contribution in [2.75, 3.05) is 11.9 Å². The number of hydrogen-bond acceptors (Lipinski definition) is 4. The Morgan fingerprint density at radius 1 is 1.11 bits per heavy atom. The molecule has 6 rings (SSSR count). The molecule has 38 heavy (non-hydrogen) atoms. The molecule has 3 aliphatic heterocycles. The predicted molar refractivity (Wildman–Crippen MR) is 143 cm³/mol. The molecule has 3 aliphatic rings. The van der Waals surface area contributed by atoms with Crippen LogP contribution in [0, 0.1) is 5.82 Å². The monoisotopic (exact) mass is 551 g/mol. The summed E-state index contributed by atoms with van der Waals surface area (Å²) in [6, 6.07) is 16.1. The number of nitrogens with one attached hydrogen (secondary N) is 2. The lowest BCUT2D eigenvalue weighted by Gasteiger charge is -2.36. The molecule has 4 atom stereocenters. The molecule has 194 valence electrons. The van der Waals surface area contributed by atoms with E-state index in [1.165, 1.54) is 13.0 Å². The van der Waals surface area contributed by atoms with Crippen molar-refractivity contribution < 1.29 is 18.8 Å². The largest absolute Gasteiger partial charge is 0.333 e. The van der Waals surface area contributed by atoms with Crippen LogP contribution in [0.2, 0.25) is 10.0 Å². The van der Waals surface area contributed by atoms with Gasteiger partial charge in [0.15, 0.2) is 0 Å². The zero-order chi connectivity index (χ0) is 26.8. The molecule has 3 aromatic carbocycles. The minimum absolute atomic E-state index is 0.0385. The predicted octanol–water partition coefficient (Wildman–Crippen LogP) is 5.08.